The van der Waals surface area contributed by atoms with Crippen LogP contribution in [0, 0.1) is 5.21 Å². The van der Waals surface area contributed by atoms with E-state index >= 15 is 0 Å². The van der Waals surface area contributed by atoms with E-state index in [4.69, 9.17) is 5.11 Å². The first-order valence-corrected chi connectivity index (χ1v) is 5.44. The summed E-state index contributed by atoms with van der Waals surface area (Å²) >= 11 is 0. The third-order valence-corrected chi connectivity index (χ3v) is 2.34. The normalized spacial score (nSPS) is 10.8. The minimum absolute atomic E-state index is 0.0444. The predicted octanol–water partition coefficient (Wildman–Crippen LogP) is 0.201. The molecule has 1 aromatic carbocycles. The summed E-state index contributed by atoms with van der Waals surface area (Å²) in [7, 11) is 0. The molecule has 0 aliphatic rings. The average Bonchev–Trinajstić information content (AvgIpc) is 2.81. The minimum atomic E-state index is -0.701. The molecule has 1 heterocycles. The molecule has 0 unspecified atom stereocenters. The predicted molar refractivity (Wildman–Crippen MR) is 64.3 cm³/mol. The molecule has 0 saturated heterocycles. The zero-order valence-corrected chi connectivity index (χ0v) is 9.81. The van der Waals surface area contributed by atoms with Crippen molar-refractivity contribution in [1.29, 1.82) is 0 Å². The SMILES string of the molecule is O=C(NC=Cc1ccccc1)c1c(CO)no[n+]1[O-]. The van der Waals surface area contributed by atoms with Gasteiger partial charge in [0.2, 0.25) is 0 Å². The van der Waals surface area contributed by atoms with Gasteiger partial charge in [-0.1, -0.05) is 30.3 Å². The van der Waals surface area contributed by atoms with Gasteiger partial charge in [0.15, 0.2) is 0 Å². The van der Waals surface area contributed by atoms with Crippen LogP contribution in [-0.2, 0) is 6.61 Å². The molecular weight excluding hydrogens is 250 g/mol. The molecular formula is C12H11N3O4. The standard InChI is InChI=1S/C12H11N3O4/c16-8-10-11(15(18)19-14-10)12(17)13-7-6-9-4-2-1-3-5-9/h1-7,16H,8H2,(H,13,17). The molecule has 19 heavy (non-hydrogen) atoms. The van der Waals surface area contributed by atoms with E-state index in [1.807, 2.05) is 30.3 Å². The monoisotopic (exact) mass is 261 g/mol. The highest BCUT2D eigenvalue weighted by Crippen LogP contribution is 2.02. The second-order valence-electron chi connectivity index (χ2n) is 3.60. The summed E-state index contributed by atoms with van der Waals surface area (Å²) in [6.07, 6.45) is 3.06. The lowest BCUT2D eigenvalue weighted by atomic mass is 10.2. The van der Waals surface area contributed by atoms with Crippen LogP contribution in [0.3, 0.4) is 0 Å². The van der Waals surface area contributed by atoms with Crippen molar-refractivity contribution in [1.82, 2.24) is 10.5 Å². The highest BCUT2D eigenvalue weighted by atomic mass is 16.8. The zero-order valence-electron chi connectivity index (χ0n) is 9.81. The summed E-state index contributed by atoms with van der Waals surface area (Å²) in [5.41, 5.74) is 0.423. The average molecular weight is 261 g/mol. The fraction of sp³-hybridized carbons (Fsp3) is 0.0833. The second kappa shape index (κ2) is 5.78. The highest BCUT2D eigenvalue weighted by molar-refractivity contribution is 5.92. The van der Waals surface area contributed by atoms with Crippen molar-refractivity contribution in [2.75, 3.05) is 0 Å². The number of nitrogens with zero attached hydrogens (tertiary/aromatic N) is 2. The first-order valence-electron chi connectivity index (χ1n) is 5.44. The molecule has 2 N–H and O–H groups in total. The quantitative estimate of drug-likeness (QED) is 0.765. The van der Waals surface area contributed by atoms with Crippen molar-refractivity contribution in [3.05, 3.63) is 58.7 Å². The highest BCUT2D eigenvalue weighted by Gasteiger charge is 2.25. The fourth-order valence-corrected chi connectivity index (χ4v) is 1.44. The molecule has 0 aliphatic heterocycles. The summed E-state index contributed by atoms with van der Waals surface area (Å²) in [5.74, 6) is -0.701. The maximum Gasteiger partial charge on any atom is 0.303 e. The number of amides is 1. The van der Waals surface area contributed by atoms with Crippen LogP contribution in [0.1, 0.15) is 21.7 Å². The van der Waals surface area contributed by atoms with Crippen molar-refractivity contribution >= 4 is 12.0 Å². The number of carbonyl (C=O) groups excluding carboxylic acids is 1. The molecule has 2 aromatic rings. The third-order valence-electron chi connectivity index (χ3n) is 2.34. The Labute approximate surface area is 108 Å². The molecule has 2 rings (SSSR count). The number of hydrogen-bond donors (Lipinski definition) is 2. The Kier molecular flexibility index (Phi) is 3.89. The molecule has 0 spiro atoms. The Morgan fingerprint density at radius 1 is 1.47 bits per heavy atom. The molecule has 7 heteroatoms. The van der Waals surface area contributed by atoms with Gasteiger partial charge in [0, 0.05) is 11.4 Å². The number of benzene rings is 1. The second-order valence-corrected chi connectivity index (χ2v) is 3.60. The van der Waals surface area contributed by atoms with Crippen LogP contribution in [0.15, 0.2) is 41.2 Å². The first kappa shape index (κ1) is 12.8. The molecule has 0 saturated carbocycles. The van der Waals surface area contributed by atoms with E-state index in [-0.39, 0.29) is 16.3 Å². The van der Waals surface area contributed by atoms with E-state index in [2.05, 4.69) is 15.1 Å². The Hall–Kier alpha value is -2.67. The van der Waals surface area contributed by atoms with Gasteiger partial charge < -0.3 is 15.6 Å². The van der Waals surface area contributed by atoms with Crippen molar-refractivity contribution in [3.8, 4) is 0 Å². The van der Waals surface area contributed by atoms with Gasteiger partial charge in [-0.3, -0.25) is 9.42 Å². The molecule has 0 atom stereocenters. The van der Waals surface area contributed by atoms with Gasteiger partial charge in [-0.25, -0.2) is 0 Å². The van der Waals surface area contributed by atoms with E-state index in [0.717, 1.165) is 5.56 Å². The van der Waals surface area contributed by atoms with Gasteiger partial charge in [0.1, 0.15) is 6.61 Å². The van der Waals surface area contributed by atoms with Crippen LogP contribution in [0.5, 0.6) is 0 Å². The zero-order chi connectivity index (χ0) is 13.7. The molecule has 1 amide bonds. The molecule has 0 radical (unpaired) electrons. The van der Waals surface area contributed by atoms with Gasteiger partial charge in [0.25, 0.3) is 11.4 Å². The van der Waals surface area contributed by atoms with Crippen LogP contribution in [0.2, 0.25) is 0 Å². The summed E-state index contributed by atoms with van der Waals surface area (Å²) < 4.78 is 4.24. The molecule has 0 bridgehead atoms. The third kappa shape index (κ3) is 2.96. The van der Waals surface area contributed by atoms with Crippen LogP contribution in [0.25, 0.3) is 6.08 Å². The molecule has 1 aromatic heterocycles. The number of aliphatic hydroxyl groups excluding tert-OH is 1. The summed E-state index contributed by atoms with van der Waals surface area (Å²) in [6, 6.07) is 9.30. The number of nitrogens with one attached hydrogen (secondary N) is 1. The Bertz CT molecular complexity index is 592. The number of rotatable bonds is 4. The van der Waals surface area contributed by atoms with E-state index in [1.165, 1.54) is 6.20 Å². The largest absolute Gasteiger partial charge is 0.387 e. The van der Waals surface area contributed by atoms with E-state index in [9.17, 15) is 10.0 Å². The molecule has 0 fully saturated rings. The number of hydrogen-bond acceptors (Lipinski definition) is 5. The molecule has 0 aliphatic carbocycles. The van der Waals surface area contributed by atoms with Crippen molar-refractivity contribution in [2.24, 2.45) is 0 Å². The minimum Gasteiger partial charge on any atom is -0.387 e. The Balaban J connectivity index is 2.06. The lowest BCUT2D eigenvalue weighted by Crippen LogP contribution is -2.36. The molecule has 7 nitrogen and oxygen atoms in total. The van der Waals surface area contributed by atoms with E-state index < -0.39 is 12.5 Å². The topological polar surface area (TPSA) is 102 Å². The van der Waals surface area contributed by atoms with Crippen molar-refractivity contribution < 1.29 is 19.4 Å². The number of aromatic nitrogens is 2. The van der Waals surface area contributed by atoms with Crippen LogP contribution in [-0.4, -0.2) is 16.2 Å². The summed E-state index contributed by atoms with van der Waals surface area (Å²) in [4.78, 5) is 11.7. The smallest absolute Gasteiger partial charge is 0.303 e. The maximum atomic E-state index is 11.7. The lowest BCUT2D eigenvalue weighted by molar-refractivity contribution is -0.803. The Morgan fingerprint density at radius 2 is 2.21 bits per heavy atom. The first-order chi connectivity index (χ1) is 9.22. The Morgan fingerprint density at radius 3 is 2.89 bits per heavy atom. The summed E-state index contributed by atoms with van der Waals surface area (Å²) in [6.45, 7) is -0.552. The van der Waals surface area contributed by atoms with Crippen LogP contribution < -0.4 is 10.2 Å². The van der Waals surface area contributed by atoms with Crippen molar-refractivity contribution in [3.63, 3.8) is 0 Å². The summed E-state index contributed by atoms with van der Waals surface area (Å²) in [5, 5.41) is 25.7. The van der Waals surface area contributed by atoms with Gasteiger partial charge in [0.05, 0.1) is 0 Å². The molecule has 98 valence electrons. The van der Waals surface area contributed by atoms with Gasteiger partial charge in [-0.15, -0.1) is 0 Å². The lowest BCUT2D eigenvalue weighted by Gasteiger charge is -1.97. The van der Waals surface area contributed by atoms with Crippen LogP contribution >= 0.6 is 0 Å². The number of aliphatic hydroxyl groups is 1. The van der Waals surface area contributed by atoms with Gasteiger partial charge >= 0.3 is 5.91 Å². The maximum absolute atomic E-state index is 11.7. The van der Waals surface area contributed by atoms with E-state index in [1.54, 1.807) is 6.08 Å². The van der Waals surface area contributed by atoms with E-state index in [0.29, 0.717) is 0 Å². The number of carbonyl (C=O) groups is 1. The van der Waals surface area contributed by atoms with Gasteiger partial charge in [-0.05, 0) is 16.5 Å². The van der Waals surface area contributed by atoms with Gasteiger partial charge in [-0.2, -0.15) is 0 Å². The van der Waals surface area contributed by atoms with Crippen molar-refractivity contribution in [2.45, 2.75) is 6.61 Å². The van der Waals surface area contributed by atoms with Crippen LogP contribution in [0.4, 0.5) is 0 Å². The fourth-order valence-electron chi connectivity index (χ4n) is 1.44.